The molecular weight excluding hydrogens is 492 g/mol. The number of hydrogen-bond donors (Lipinski definition) is 1. The largest absolute Gasteiger partial charge is 0.325 e. The second-order valence-corrected chi connectivity index (χ2v) is 11.4. The molecule has 0 bridgehead atoms. The molecule has 1 aliphatic rings. The summed E-state index contributed by atoms with van der Waals surface area (Å²) in [5.74, 6) is -0.0943. The molecular formula is C27H24N4O3S2. The van der Waals surface area contributed by atoms with Crippen LogP contribution in [0.3, 0.4) is 0 Å². The van der Waals surface area contributed by atoms with E-state index >= 15 is 0 Å². The first-order chi connectivity index (χ1) is 17.3. The van der Waals surface area contributed by atoms with Crippen LogP contribution in [-0.4, -0.2) is 30.0 Å². The van der Waals surface area contributed by atoms with Crippen molar-refractivity contribution in [3.8, 4) is 11.3 Å². The summed E-state index contributed by atoms with van der Waals surface area (Å²) in [7, 11) is -3.88. The fraction of sp³-hybridized carbons (Fsp3) is 0.148. The second kappa shape index (κ2) is 9.75. The van der Waals surface area contributed by atoms with E-state index in [1.807, 2.05) is 80.6 Å². The van der Waals surface area contributed by atoms with Gasteiger partial charge in [-0.25, -0.2) is 18.4 Å². The molecule has 2 heterocycles. The maximum Gasteiger partial charge on any atom is 0.268 e. The van der Waals surface area contributed by atoms with E-state index < -0.39 is 10.0 Å². The van der Waals surface area contributed by atoms with Crippen molar-refractivity contribution in [1.82, 2.24) is 9.97 Å². The van der Waals surface area contributed by atoms with Crippen LogP contribution in [0, 0.1) is 13.8 Å². The van der Waals surface area contributed by atoms with E-state index in [0.29, 0.717) is 27.8 Å². The highest BCUT2D eigenvalue weighted by molar-refractivity contribution is 7.99. The van der Waals surface area contributed by atoms with Gasteiger partial charge in [-0.05, 0) is 37.6 Å². The molecule has 0 unspecified atom stereocenters. The number of nitrogens with zero attached hydrogens (tertiary/aromatic N) is 3. The fourth-order valence-corrected chi connectivity index (χ4v) is 6.11. The monoisotopic (exact) mass is 516 g/mol. The lowest BCUT2D eigenvalue weighted by atomic mass is 10.1. The van der Waals surface area contributed by atoms with Gasteiger partial charge in [-0.1, -0.05) is 77.5 Å². The fourth-order valence-electron chi connectivity index (χ4n) is 3.94. The highest BCUT2D eigenvalue weighted by Crippen LogP contribution is 2.42. The predicted octanol–water partition coefficient (Wildman–Crippen LogP) is 5.20. The minimum atomic E-state index is -3.88. The Morgan fingerprint density at radius 3 is 2.33 bits per heavy atom. The number of aromatic nitrogens is 2. The van der Waals surface area contributed by atoms with E-state index in [9.17, 15) is 13.2 Å². The number of amides is 1. The summed E-state index contributed by atoms with van der Waals surface area (Å²) in [5, 5.41) is 3.18. The molecule has 36 heavy (non-hydrogen) atoms. The molecule has 1 aromatic heterocycles. The van der Waals surface area contributed by atoms with Gasteiger partial charge in [0.15, 0.2) is 5.16 Å². The van der Waals surface area contributed by atoms with Crippen molar-refractivity contribution < 1.29 is 13.2 Å². The van der Waals surface area contributed by atoms with Gasteiger partial charge < -0.3 is 5.32 Å². The highest BCUT2D eigenvalue weighted by Gasteiger charge is 2.36. The Kier molecular flexibility index (Phi) is 6.51. The smallest absolute Gasteiger partial charge is 0.268 e. The number of fused-ring (bicyclic) bond motifs is 3. The number of benzene rings is 3. The highest BCUT2D eigenvalue weighted by atomic mass is 32.2. The van der Waals surface area contributed by atoms with Crippen molar-refractivity contribution in [2.75, 3.05) is 15.4 Å². The van der Waals surface area contributed by atoms with E-state index in [1.54, 1.807) is 6.07 Å². The first kappa shape index (κ1) is 24.0. The van der Waals surface area contributed by atoms with Gasteiger partial charge in [-0.15, -0.1) is 0 Å². The Balaban J connectivity index is 1.40. The van der Waals surface area contributed by atoms with Crippen molar-refractivity contribution in [3.63, 3.8) is 0 Å². The number of aryl methyl sites for hydroxylation is 2. The van der Waals surface area contributed by atoms with Crippen LogP contribution in [-0.2, 0) is 21.4 Å². The van der Waals surface area contributed by atoms with Crippen molar-refractivity contribution >= 4 is 39.1 Å². The second-order valence-electron chi connectivity index (χ2n) is 8.58. The van der Waals surface area contributed by atoms with Crippen LogP contribution >= 0.6 is 11.8 Å². The number of thioether (sulfide) groups is 1. The Morgan fingerprint density at radius 1 is 0.944 bits per heavy atom. The molecule has 0 fully saturated rings. The number of hydrogen-bond acceptors (Lipinski definition) is 6. The molecule has 4 aromatic rings. The van der Waals surface area contributed by atoms with Gasteiger partial charge in [0.05, 0.1) is 29.9 Å². The van der Waals surface area contributed by atoms with Crippen molar-refractivity contribution in [3.05, 3.63) is 95.7 Å². The molecule has 0 aliphatic carbocycles. The topological polar surface area (TPSA) is 92.3 Å². The maximum atomic E-state index is 13.6. The average molecular weight is 517 g/mol. The van der Waals surface area contributed by atoms with E-state index in [-0.39, 0.29) is 23.1 Å². The molecule has 1 N–H and O–H groups in total. The zero-order chi connectivity index (χ0) is 25.3. The van der Waals surface area contributed by atoms with E-state index in [1.165, 1.54) is 10.5 Å². The third-order valence-corrected chi connectivity index (χ3v) is 8.47. The van der Waals surface area contributed by atoms with Crippen LogP contribution < -0.4 is 9.62 Å². The van der Waals surface area contributed by atoms with Crippen molar-refractivity contribution in [2.45, 2.75) is 30.4 Å². The zero-order valence-corrected chi connectivity index (χ0v) is 21.4. The number of carbonyl (C=O) groups excluding carboxylic acids is 1. The van der Waals surface area contributed by atoms with Crippen LogP contribution in [0.1, 0.15) is 16.7 Å². The van der Waals surface area contributed by atoms with Crippen LogP contribution in [0.2, 0.25) is 0 Å². The van der Waals surface area contributed by atoms with Crippen LogP contribution in [0.5, 0.6) is 0 Å². The predicted molar refractivity (Wildman–Crippen MR) is 143 cm³/mol. The quantitative estimate of drug-likeness (QED) is 0.280. The van der Waals surface area contributed by atoms with Crippen LogP contribution in [0.25, 0.3) is 11.3 Å². The summed E-state index contributed by atoms with van der Waals surface area (Å²) in [6, 6.07) is 22.6. The van der Waals surface area contributed by atoms with Gasteiger partial charge in [0.2, 0.25) is 5.91 Å². The van der Waals surface area contributed by atoms with Gasteiger partial charge in [0, 0.05) is 11.3 Å². The molecule has 9 heteroatoms. The van der Waals surface area contributed by atoms with Gasteiger partial charge in [-0.2, -0.15) is 0 Å². The van der Waals surface area contributed by atoms with Crippen LogP contribution in [0.4, 0.5) is 11.4 Å². The zero-order valence-electron chi connectivity index (χ0n) is 19.8. The summed E-state index contributed by atoms with van der Waals surface area (Å²) in [4.78, 5) is 21.3. The number of para-hydroxylation sites is 1. The lowest BCUT2D eigenvalue weighted by molar-refractivity contribution is -0.113. The molecule has 0 saturated heterocycles. The summed E-state index contributed by atoms with van der Waals surface area (Å²) in [6.45, 7) is 4.18. The minimum absolute atomic E-state index is 0.0572. The summed E-state index contributed by atoms with van der Waals surface area (Å²) in [5.41, 5.74) is 5.44. The molecule has 0 atom stereocenters. The van der Waals surface area contributed by atoms with Gasteiger partial charge in [0.25, 0.3) is 10.0 Å². The standard InChI is InChI=1S/C27H24N4O3S2/c1-18-7-11-20(12-8-18)16-31-23-6-4-3-5-22(23)26-24(36(31,33)34)15-28-27(30-26)35-17-25(32)29-21-13-9-19(2)10-14-21/h3-15H,16-17H2,1-2H3,(H,29,32). The van der Waals surface area contributed by atoms with E-state index in [0.717, 1.165) is 28.5 Å². The molecule has 5 rings (SSSR count). The lowest BCUT2D eigenvalue weighted by Gasteiger charge is -2.31. The van der Waals surface area contributed by atoms with Gasteiger partial charge >= 0.3 is 0 Å². The maximum absolute atomic E-state index is 13.6. The SMILES string of the molecule is Cc1ccc(CN2c3ccccc3-c3nc(SCC(=O)Nc4ccc(C)cc4)ncc3S2(=O)=O)cc1. The molecule has 3 aromatic carbocycles. The van der Waals surface area contributed by atoms with E-state index in [4.69, 9.17) is 0 Å². The first-order valence-electron chi connectivity index (χ1n) is 11.4. The third-order valence-electron chi connectivity index (χ3n) is 5.84. The normalized spacial score (nSPS) is 13.6. The molecule has 1 amide bonds. The third kappa shape index (κ3) is 4.84. The molecule has 0 radical (unpaired) electrons. The van der Waals surface area contributed by atoms with E-state index in [2.05, 4.69) is 15.3 Å². The van der Waals surface area contributed by atoms with Gasteiger partial charge in [0.1, 0.15) is 4.90 Å². The number of sulfonamides is 1. The Labute approximate surface area is 214 Å². The lowest BCUT2D eigenvalue weighted by Crippen LogP contribution is -2.34. The first-order valence-corrected chi connectivity index (χ1v) is 13.8. The Morgan fingerprint density at radius 2 is 1.61 bits per heavy atom. The Hall–Kier alpha value is -3.69. The van der Waals surface area contributed by atoms with Crippen molar-refractivity contribution in [1.29, 1.82) is 0 Å². The Bertz CT molecular complexity index is 1540. The molecule has 0 spiro atoms. The minimum Gasteiger partial charge on any atom is -0.325 e. The number of rotatable bonds is 6. The van der Waals surface area contributed by atoms with Crippen LogP contribution in [0.15, 0.2) is 89.0 Å². The van der Waals surface area contributed by atoms with Gasteiger partial charge in [-0.3, -0.25) is 9.10 Å². The number of carbonyl (C=O) groups is 1. The molecule has 182 valence electrons. The molecule has 0 saturated carbocycles. The van der Waals surface area contributed by atoms with Crippen molar-refractivity contribution in [2.24, 2.45) is 0 Å². The molecule has 7 nitrogen and oxygen atoms in total. The summed E-state index contributed by atoms with van der Waals surface area (Å²) in [6.07, 6.45) is 1.34. The summed E-state index contributed by atoms with van der Waals surface area (Å²) < 4.78 is 28.6. The molecule has 1 aliphatic heterocycles. The summed E-state index contributed by atoms with van der Waals surface area (Å²) >= 11 is 1.16. The number of nitrogens with one attached hydrogen (secondary N) is 1. The average Bonchev–Trinajstić information content (AvgIpc) is 2.88. The number of anilines is 2.